The van der Waals surface area contributed by atoms with Crippen LogP contribution in [0, 0.1) is 5.92 Å². The van der Waals surface area contributed by atoms with E-state index in [1.807, 2.05) is 18.2 Å². The Morgan fingerprint density at radius 1 is 1.50 bits per heavy atom. The van der Waals surface area contributed by atoms with E-state index in [1.165, 1.54) is 5.57 Å². The van der Waals surface area contributed by atoms with Crippen LogP contribution in [0.25, 0.3) is 0 Å². The maximum atomic E-state index is 11.0. The zero-order chi connectivity index (χ0) is 13.2. The molecular weight excluding hydrogens is 222 g/mol. The van der Waals surface area contributed by atoms with Crippen LogP contribution < -0.4 is 5.32 Å². The number of hydrogen-bond donors (Lipinski definition) is 1. The zero-order valence-electron chi connectivity index (χ0n) is 10.9. The van der Waals surface area contributed by atoms with Gasteiger partial charge in [0.15, 0.2) is 0 Å². The van der Waals surface area contributed by atoms with Crippen LogP contribution in [0.15, 0.2) is 60.8 Å². The molecule has 2 heteroatoms. The first-order chi connectivity index (χ1) is 8.74. The first kappa shape index (κ1) is 14.2. The Hall–Kier alpha value is -1.83. The maximum absolute atomic E-state index is 11.0. The normalized spacial score (nSPS) is 16.8. The lowest BCUT2D eigenvalue weighted by Crippen LogP contribution is -2.27. The van der Waals surface area contributed by atoms with Gasteiger partial charge in [-0.15, -0.1) is 0 Å². The summed E-state index contributed by atoms with van der Waals surface area (Å²) in [7, 11) is 0. The summed E-state index contributed by atoms with van der Waals surface area (Å²) in [6, 6.07) is 0. The van der Waals surface area contributed by atoms with Gasteiger partial charge in [-0.25, -0.2) is 0 Å². The Morgan fingerprint density at radius 3 is 2.94 bits per heavy atom. The van der Waals surface area contributed by atoms with Crippen LogP contribution in [-0.4, -0.2) is 12.5 Å². The van der Waals surface area contributed by atoms with Gasteiger partial charge in [-0.05, 0) is 12.8 Å². The highest BCUT2D eigenvalue weighted by Crippen LogP contribution is 2.21. The van der Waals surface area contributed by atoms with Gasteiger partial charge in [-0.3, -0.25) is 4.79 Å². The van der Waals surface area contributed by atoms with Crippen LogP contribution in [0.2, 0.25) is 0 Å². The monoisotopic (exact) mass is 243 g/mol. The summed E-state index contributed by atoms with van der Waals surface area (Å²) < 4.78 is 0. The predicted octanol–water partition coefficient (Wildman–Crippen LogP) is 3.31. The van der Waals surface area contributed by atoms with E-state index in [0.29, 0.717) is 6.54 Å². The van der Waals surface area contributed by atoms with Crippen LogP contribution in [0.3, 0.4) is 0 Å². The molecule has 0 aromatic carbocycles. The van der Waals surface area contributed by atoms with Gasteiger partial charge in [-0.2, -0.15) is 0 Å². The van der Waals surface area contributed by atoms with E-state index in [9.17, 15) is 4.79 Å². The lowest BCUT2D eigenvalue weighted by atomic mass is 9.91. The van der Waals surface area contributed by atoms with Crippen molar-refractivity contribution in [3.05, 3.63) is 60.8 Å². The Labute approximate surface area is 109 Å². The first-order valence-corrected chi connectivity index (χ1v) is 6.30. The average Bonchev–Trinajstić information content (AvgIpc) is 2.38. The lowest BCUT2D eigenvalue weighted by Gasteiger charge is -2.18. The summed E-state index contributed by atoms with van der Waals surface area (Å²) in [5, 5.41) is 2.88. The van der Waals surface area contributed by atoms with Crippen LogP contribution >= 0.6 is 0 Å². The van der Waals surface area contributed by atoms with Crippen molar-refractivity contribution in [1.29, 1.82) is 0 Å². The number of amides is 1. The molecule has 0 aliphatic heterocycles. The SMILES string of the molecule is C=C/C=C\C=C\C(CNC(C)=O)C1=CC=CCC1. The highest BCUT2D eigenvalue weighted by molar-refractivity contribution is 5.72. The standard InChI is InChI=1S/C16H21NO/c1-3-4-5-7-12-16(13-17-14(2)18)15-10-8-6-9-11-15/h3-8,10,12,16H,1,9,11,13H2,2H3,(H,17,18)/b5-4-,12-7+. The highest BCUT2D eigenvalue weighted by Gasteiger charge is 2.11. The van der Waals surface area contributed by atoms with Gasteiger partial charge in [-0.1, -0.05) is 60.8 Å². The van der Waals surface area contributed by atoms with E-state index < -0.39 is 0 Å². The summed E-state index contributed by atoms with van der Waals surface area (Å²) in [6.07, 6.45) is 18.3. The maximum Gasteiger partial charge on any atom is 0.216 e. The molecule has 0 radical (unpaired) electrons. The molecule has 0 aromatic rings. The molecule has 1 aliphatic carbocycles. The lowest BCUT2D eigenvalue weighted by molar-refractivity contribution is -0.119. The van der Waals surface area contributed by atoms with Crippen LogP contribution in [0.5, 0.6) is 0 Å². The molecule has 0 spiro atoms. The summed E-state index contributed by atoms with van der Waals surface area (Å²) in [4.78, 5) is 11.0. The van der Waals surface area contributed by atoms with E-state index in [4.69, 9.17) is 0 Å². The summed E-state index contributed by atoms with van der Waals surface area (Å²) >= 11 is 0. The second-order valence-corrected chi connectivity index (χ2v) is 4.26. The van der Waals surface area contributed by atoms with Crippen molar-refractivity contribution in [2.45, 2.75) is 19.8 Å². The quantitative estimate of drug-likeness (QED) is 0.712. The van der Waals surface area contributed by atoms with Crippen molar-refractivity contribution in [2.75, 3.05) is 6.54 Å². The van der Waals surface area contributed by atoms with Crippen molar-refractivity contribution < 1.29 is 4.79 Å². The third kappa shape index (κ3) is 5.48. The smallest absolute Gasteiger partial charge is 0.216 e. The fourth-order valence-electron chi connectivity index (χ4n) is 1.85. The fraction of sp³-hybridized carbons (Fsp3) is 0.312. The topological polar surface area (TPSA) is 29.1 Å². The minimum absolute atomic E-state index is 0.0157. The van der Waals surface area contributed by atoms with Gasteiger partial charge in [0.1, 0.15) is 0 Å². The number of nitrogens with one attached hydrogen (secondary N) is 1. The number of allylic oxidation sites excluding steroid dienone is 7. The van der Waals surface area contributed by atoms with E-state index in [-0.39, 0.29) is 11.8 Å². The Bertz CT molecular complexity index is 399. The second-order valence-electron chi connectivity index (χ2n) is 4.26. The molecule has 0 fully saturated rings. The van der Waals surface area contributed by atoms with Gasteiger partial charge in [0.25, 0.3) is 0 Å². The highest BCUT2D eigenvalue weighted by atomic mass is 16.1. The molecule has 0 bridgehead atoms. The van der Waals surface area contributed by atoms with E-state index >= 15 is 0 Å². The predicted molar refractivity (Wildman–Crippen MR) is 77.1 cm³/mol. The molecule has 0 aromatic heterocycles. The summed E-state index contributed by atoms with van der Waals surface area (Å²) in [6.45, 7) is 5.84. The minimum Gasteiger partial charge on any atom is -0.355 e. The molecule has 96 valence electrons. The van der Waals surface area contributed by atoms with Crippen molar-refractivity contribution in [3.63, 3.8) is 0 Å². The molecule has 1 aliphatic rings. The van der Waals surface area contributed by atoms with Crippen molar-refractivity contribution in [2.24, 2.45) is 5.92 Å². The van der Waals surface area contributed by atoms with Crippen molar-refractivity contribution in [1.82, 2.24) is 5.32 Å². The Kier molecular flexibility index (Phi) is 6.55. The molecule has 2 nitrogen and oxygen atoms in total. The van der Waals surface area contributed by atoms with E-state index in [1.54, 1.807) is 13.0 Å². The molecule has 0 heterocycles. The largest absolute Gasteiger partial charge is 0.355 e. The van der Waals surface area contributed by atoms with Crippen LogP contribution in [-0.2, 0) is 4.79 Å². The van der Waals surface area contributed by atoms with Gasteiger partial charge in [0, 0.05) is 19.4 Å². The van der Waals surface area contributed by atoms with E-state index in [0.717, 1.165) is 12.8 Å². The van der Waals surface area contributed by atoms with Crippen molar-refractivity contribution >= 4 is 5.91 Å². The molecular formula is C16H21NO. The van der Waals surface area contributed by atoms with Crippen LogP contribution in [0.4, 0.5) is 0 Å². The number of rotatable bonds is 6. The molecule has 1 amide bonds. The number of carbonyl (C=O) groups excluding carboxylic acids is 1. The van der Waals surface area contributed by atoms with Crippen molar-refractivity contribution in [3.8, 4) is 0 Å². The third-order valence-corrected chi connectivity index (χ3v) is 2.79. The molecule has 18 heavy (non-hydrogen) atoms. The fourth-order valence-corrected chi connectivity index (χ4v) is 1.85. The number of hydrogen-bond acceptors (Lipinski definition) is 1. The Morgan fingerprint density at radius 2 is 2.33 bits per heavy atom. The van der Waals surface area contributed by atoms with Gasteiger partial charge in [0.2, 0.25) is 5.91 Å². The molecule has 1 atom stereocenters. The summed E-state index contributed by atoms with van der Waals surface area (Å²) in [5.41, 5.74) is 1.37. The number of carbonyl (C=O) groups is 1. The summed E-state index contributed by atoms with van der Waals surface area (Å²) in [5.74, 6) is 0.287. The molecule has 1 rings (SSSR count). The van der Waals surface area contributed by atoms with Gasteiger partial charge in [0.05, 0.1) is 0 Å². The van der Waals surface area contributed by atoms with Gasteiger partial charge >= 0.3 is 0 Å². The first-order valence-electron chi connectivity index (χ1n) is 6.30. The molecule has 1 unspecified atom stereocenters. The zero-order valence-corrected chi connectivity index (χ0v) is 10.9. The average molecular weight is 243 g/mol. The third-order valence-electron chi connectivity index (χ3n) is 2.79. The molecule has 0 saturated heterocycles. The van der Waals surface area contributed by atoms with E-state index in [2.05, 4.69) is 36.2 Å². The molecule has 1 N–H and O–H groups in total. The van der Waals surface area contributed by atoms with Crippen LogP contribution in [0.1, 0.15) is 19.8 Å². The van der Waals surface area contributed by atoms with Gasteiger partial charge < -0.3 is 5.32 Å². The minimum atomic E-state index is 0.0157. The second kappa shape index (κ2) is 8.29. The Balaban J connectivity index is 2.67. The molecule has 0 saturated carbocycles.